The van der Waals surface area contributed by atoms with Crippen LogP contribution in [0.25, 0.3) is 0 Å². The van der Waals surface area contributed by atoms with Gasteiger partial charge >= 0.3 is 5.97 Å². The summed E-state index contributed by atoms with van der Waals surface area (Å²) in [5.74, 6) is -0.342. The predicted octanol–water partition coefficient (Wildman–Crippen LogP) is 2.15. The number of methoxy groups -OCH3 is 1. The number of hydrogen-bond acceptors (Lipinski definition) is 5. The topological polar surface area (TPSA) is 68.3 Å². The van der Waals surface area contributed by atoms with Crippen molar-refractivity contribution in [1.82, 2.24) is 4.98 Å². The Morgan fingerprint density at radius 3 is 3.06 bits per heavy atom. The zero-order valence-electron chi connectivity index (χ0n) is 10.3. The van der Waals surface area contributed by atoms with Gasteiger partial charge in [0.2, 0.25) is 5.91 Å². The number of carbonyl (C=O) groups excluding carboxylic acids is 2. The number of anilines is 1. The van der Waals surface area contributed by atoms with Crippen molar-refractivity contribution < 1.29 is 14.3 Å². The second-order valence-electron chi connectivity index (χ2n) is 3.61. The van der Waals surface area contributed by atoms with Gasteiger partial charge in [-0.05, 0) is 12.8 Å². The van der Waals surface area contributed by atoms with Gasteiger partial charge in [0, 0.05) is 18.2 Å². The number of nitrogens with one attached hydrogen (secondary N) is 1. The monoisotopic (exact) mass is 268 g/mol. The Labute approximate surface area is 110 Å². The van der Waals surface area contributed by atoms with Crippen LogP contribution in [0.4, 0.5) is 5.13 Å². The third-order valence-electron chi connectivity index (χ3n) is 2.17. The SMILES string of the molecule is C=CCC(=O)Nc1nc(CCCC(=O)OC)cs1. The lowest BCUT2D eigenvalue weighted by Crippen LogP contribution is -2.09. The number of aryl methyl sites for hydroxylation is 1. The van der Waals surface area contributed by atoms with E-state index in [-0.39, 0.29) is 18.3 Å². The Morgan fingerprint density at radius 2 is 2.39 bits per heavy atom. The zero-order chi connectivity index (χ0) is 13.4. The van der Waals surface area contributed by atoms with Crippen LogP contribution in [0.5, 0.6) is 0 Å². The van der Waals surface area contributed by atoms with E-state index in [2.05, 4.69) is 21.6 Å². The molecule has 1 amide bonds. The molecule has 1 N–H and O–H groups in total. The molecule has 1 aromatic rings. The van der Waals surface area contributed by atoms with Crippen molar-refractivity contribution >= 4 is 28.3 Å². The smallest absolute Gasteiger partial charge is 0.305 e. The van der Waals surface area contributed by atoms with E-state index in [0.29, 0.717) is 24.4 Å². The Morgan fingerprint density at radius 1 is 1.61 bits per heavy atom. The summed E-state index contributed by atoms with van der Waals surface area (Å²) in [7, 11) is 1.37. The molecule has 0 spiro atoms. The summed E-state index contributed by atoms with van der Waals surface area (Å²) >= 11 is 1.37. The van der Waals surface area contributed by atoms with E-state index >= 15 is 0 Å². The highest BCUT2D eigenvalue weighted by molar-refractivity contribution is 7.13. The van der Waals surface area contributed by atoms with E-state index < -0.39 is 0 Å². The first-order valence-corrected chi connectivity index (χ1v) is 6.45. The molecule has 6 heteroatoms. The van der Waals surface area contributed by atoms with Gasteiger partial charge in [-0.3, -0.25) is 9.59 Å². The standard InChI is InChI=1S/C12H16N2O3S/c1-3-5-10(15)14-12-13-9(8-18-12)6-4-7-11(16)17-2/h3,8H,1,4-7H2,2H3,(H,13,14,15). The van der Waals surface area contributed by atoms with Gasteiger partial charge in [0.1, 0.15) is 0 Å². The fraction of sp³-hybridized carbons (Fsp3) is 0.417. The minimum Gasteiger partial charge on any atom is -0.469 e. The second-order valence-corrected chi connectivity index (χ2v) is 4.47. The maximum absolute atomic E-state index is 11.3. The molecule has 1 aromatic heterocycles. The first-order chi connectivity index (χ1) is 8.65. The molecule has 98 valence electrons. The van der Waals surface area contributed by atoms with E-state index in [9.17, 15) is 9.59 Å². The molecule has 1 rings (SSSR count). The molecule has 0 saturated heterocycles. The average molecular weight is 268 g/mol. The van der Waals surface area contributed by atoms with Gasteiger partial charge in [-0.15, -0.1) is 17.9 Å². The van der Waals surface area contributed by atoms with Crippen LogP contribution in [0.3, 0.4) is 0 Å². The Balaban J connectivity index is 2.36. The molecule has 0 fully saturated rings. The summed E-state index contributed by atoms with van der Waals surface area (Å²) in [5, 5.41) is 5.13. The van der Waals surface area contributed by atoms with Gasteiger partial charge in [-0.25, -0.2) is 4.98 Å². The number of rotatable bonds is 7. The van der Waals surface area contributed by atoms with Crippen molar-refractivity contribution in [2.24, 2.45) is 0 Å². The number of carbonyl (C=O) groups is 2. The fourth-order valence-corrected chi connectivity index (χ4v) is 2.06. The molecular weight excluding hydrogens is 252 g/mol. The van der Waals surface area contributed by atoms with Gasteiger partial charge in [-0.1, -0.05) is 6.08 Å². The second kappa shape index (κ2) is 7.60. The molecule has 0 atom stereocenters. The lowest BCUT2D eigenvalue weighted by atomic mass is 10.2. The highest BCUT2D eigenvalue weighted by Crippen LogP contribution is 2.17. The van der Waals surface area contributed by atoms with Gasteiger partial charge in [0.25, 0.3) is 0 Å². The molecule has 5 nitrogen and oxygen atoms in total. The number of thiazole rings is 1. The first kappa shape index (κ1) is 14.4. The Kier molecular flexibility index (Phi) is 6.07. The van der Waals surface area contributed by atoms with Gasteiger partial charge in [0.05, 0.1) is 12.8 Å². The van der Waals surface area contributed by atoms with E-state index in [1.807, 2.05) is 5.38 Å². The minimum absolute atomic E-state index is 0.125. The highest BCUT2D eigenvalue weighted by atomic mass is 32.1. The van der Waals surface area contributed by atoms with Crippen LogP contribution in [-0.4, -0.2) is 24.0 Å². The summed E-state index contributed by atoms with van der Waals surface area (Å²) in [6.07, 6.45) is 3.59. The molecule has 0 aliphatic heterocycles. The van der Waals surface area contributed by atoms with Crippen LogP contribution in [-0.2, 0) is 20.7 Å². The molecule has 18 heavy (non-hydrogen) atoms. The summed E-state index contributed by atoms with van der Waals surface area (Å²) in [6, 6.07) is 0. The van der Waals surface area contributed by atoms with Crippen LogP contribution >= 0.6 is 11.3 Å². The molecule has 0 aliphatic rings. The van der Waals surface area contributed by atoms with Crippen molar-refractivity contribution in [3.8, 4) is 0 Å². The molecule has 1 heterocycles. The number of aromatic nitrogens is 1. The molecule has 0 aliphatic carbocycles. The van der Waals surface area contributed by atoms with Crippen molar-refractivity contribution in [3.05, 3.63) is 23.7 Å². The zero-order valence-corrected chi connectivity index (χ0v) is 11.1. The number of esters is 1. The van der Waals surface area contributed by atoms with Crippen molar-refractivity contribution in [2.75, 3.05) is 12.4 Å². The summed E-state index contributed by atoms with van der Waals surface area (Å²) in [5.41, 5.74) is 0.873. The number of nitrogens with zero attached hydrogens (tertiary/aromatic N) is 1. The third kappa shape index (κ3) is 5.09. The quantitative estimate of drug-likeness (QED) is 0.607. The van der Waals surface area contributed by atoms with Crippen LogP contribution < -0.4 is 5.32 Å². The van der Waals surface area contributed by atoms with Gasteiger partial charge in [-0.2, -0.15) is 0 Å². The summed E-state index contributed by atoms with van der Waals surface area (Å²) in [6.45, 7) is 3.49. The van der Waals surface area contributed by atoms with Crippen LogP contribution in [0.2, 0.25) is 0 Å². The van der Waals surface area contributed by atoms with Crippen LogP contribution in [0.1, 0.15) is 25.0 Å². The minimum atomic E-state index is -0.218. The molecule has 0 aromatic carbocycles. The van der Waals surface area contributed by atoms with Gasteiger partial charge < -0.3 is 10.1 Å². The van der Waals surface area contributed by atoms with Crippen LogP contribution in [0.15, 0.2) is 18.0 Å². The summed E-state index contributed by atoms with van der Waals surface area (Å²) in [4.78, 5) is 26.5. The van der Waals surface area contributed by atoms with E-state index in [4.69, 9.17) is 0 Å². The van der Waals surface area contributed by atoms with Crippen LogP contribution in [0, 0.1) is 0 Å². The largest absolute Gasteiger partial charge is 0.469 e. The molecule has 0 saturated carbocycles. The number of amides is 1. The highest BCUT2D eigenvalue weighted by Gasteiger charge is 2.06. The Hall–Kier alpha value is -1.69. The van der Waals surface area contributed by atoms with E-state index in [0.717, 1.165) is 5.69 Å². The summed E-state index contributed by atoms with van der Waals surface area (Å²) < 4.78 is 4.55. The molecule has 0 unspecified atom stereocenters. The number of ether oxygens (including phenoxy) is 1. The average Bonchev–Trinajstić information content (AvgIpc) is 2.76. The van der Waals surface area contributed by atoms with E-state index in [1.54, 1.807) is 6.08 Å². The maximum Gasteiger partial charge on any atom is 0.305 e. The van der Waals surface area contributed by atoms with Crippen molar-refractivity contribution in [1.29, 1.82) is 0 Å². The normalized spacial score (nSPS) is 9.83. The predicted molar refractivity (Wildman–Crippen MR) is 70.5 cm³/mol. The van der Waals surface area contributed by atoms with Gasteiger partial charge in [0.15, 0.2) is 5.13 Å². The van der Waals surface area contributed by atoms with E-state index in [1.165, 1.54) is 18.4 Å². The number of hydrogen-bond donors (Lipinski definition) is 1. The lowest BCUT2D eigenvalue weighted by Gasteiger charge is -1.98. The third-order valence-corrected chi connectivity index (χ3v) is 2.98. The fourth-order valence-electron chi connectivity index (χ4n) is 1.30. The maximum atomic E-state index is 11.3. The molecule has 0 radical (unpaired) electrons. The molecular formula is C12H16N2O3S. The first-order valence-electron chi connectivity index (χ1n) is 5.57. The molecule has 0 bridgehead atoms. The van der Waals surface area contributed by atoms with Crippen molar-refractivity contribution in [3.63, 3.8) is 0 Å². The lowest BCUT2D eigenvalue weighted by molar-refractivity contribution is -0.140. The van der Waals surface area contributed by atoms with Crippen molar-refractivity contribution in [2.45, 2.75) is 25.7 Å². The Bertz CT molecular complexity index is 429.